The molecule has 20 heavy (non-hydrogen) atoms. The number of anilines is 1. The molecule has 110 valence electrons. The molecule has 2 rings (SSSR count). The Balaban J connectivity index is 2.21. The van der Waals surface area contributed by atoms with Crippen LogP contribution in [0, 0.1) is 0 Å². The molecule has 0 bridgehead atoms. The Morgan fingerprint density at radius 1 is 1.55 bits per heavy atom. The minimum atomic E-state index is -0.0874. The molecule has 5 heteroatoms. The van der Waals surface area contributed by atoms with Crippen molar-refractivity contribution in [1.82, 2.24) is 5.32 Å². The number of benzene rings is 1. The minimum absolute atomic E-state index is 0.0766. The Bertz CT molecular complexity index is 486. The summed E-state index contributed by atoms with van der Waals surface area (Å²) in [5, 5.41) is 14.9. The lowest BCUT2D eigenvalue weighted by Gasteiger charge is -2.13. The minimum Gasteiger partial charge on any atom is -0.396 e. The van der Waals surface area contributed by atoms with E-state index in [4.69, 9.17) is 10.8 Å². The molecule has 1 atom stereocenters. The van der Waals surface area contributed by atoms with Crippen LogP contribution in [0.4, 0.5) is 5.69 Å². The summed E-state index contributed by atoms with van der Waals surface area (Å²) in [6.07, 6.45) is 2.28. The first-order chi connectivity index (χ1) is 9.61. The summed E-state index contributed by atoms with van der Waals surface area (Å²) in [5.41, 5.74) is 9.78. The van der Waals surface area contributed by atoms with E-state index < -0.39 is 0 Å². The van der Waals surface area contributed by atoms with Gasteiger partial charge in [0.25, 0.3) is 5.91 Å². The standard InChI is InChI=1S/C15H23N3O2/c1-10(16)7-11-8-12-3-5-17-14(12)13(9-11)15(20)18-4-2-6-19/h8-10,17,19H,2-7,16H2,1H3,(H,18,20). The molecule has 1 aliphatic rings. The lowest BCUT2D eigenvalue weighted by atomic mass is 9.98. The van der Waals surface area contributed by atoms with Crippen LogP contribution in [-0.2, 0) is 12.8 Å². The lowest BCUT2D eigenvalue weighted by molar-refractivity contribution is 0.0952. The Morgan fingerprint density at radius 2 is 2.35 bits per heavy atom. The van der Waals surface area contributed by atoms with Gasteiger partial charge in [0.2, 0.25) is 0 Å². The predicted molar refractivity (Wildman–Crippen MR) is 80.0 cm³/mol. The number of aliphatic hydroxyl groups excluding tert-OH is 1. The molecule has 5 nitrogen and oxygen atoms in total. The number of amides is 1. The van der Waals surface area contributed by atoms with Crippen molar-refractivity contribution in [3.63, 3.8) is 0 Å². The van der Waals surface area contributed by atoms with Gasteiger partial charge < -0.3 is 21.5 Å². The molecule has 1 amide bonds. The van der Waals surface area contributed by atoms with E-state index in [0.29, 0.717) is 18.5 Å². The molecule has 1 unspecified atom stereocenters. The molecule has 0 aliphatic carbocycles. The van der Waals surface area contributed by atoms with Gasteiger partial charge in [0.15, 0.2) is 0 Å². The third kappa shape index (κ3) is 3.49. The number of nitrogens with one attached hydrogen (secondary N) is 2. The summed E-state index contributed by atoms with van der Waals surface area (Å²) >= 11 is 0. The van der Waals surface area contributed by atoms with Gasteiger partial charge in [-0.3, -0.25) is 4.79 Å². The van der Waals surface area contributed by atoms with Crippen molar-refractivity contribution in [2.75, 3.05) is 25.0 Å². The van der Waals surface area contributed by atoms with Crippen LogP contribution < -0.4 is 16.4 Å². The van der Waals surface area contributed by atoms with Crippen LogP contribution >= 0.6 is 0 Å². The van der Waals surface area contributed by atoms with Crippen LogP contribution in [0.5, 0.6) is 0 Å². The number of fused-ring (bicyclic) bond motifs is 1. The van der Waals surface area contributed by atoms with Crippen molar-refractivity contribution < 1.29 is 9.90 Å². The van der Waals surface area contributed by atoms with E-state index in [-0.39, 0.29) is 18.6 Å². The number of aliphatic hydroxyl groups is 1. The molecule has 1 aromatic carbocycles. The van der Waals surface area contributed by atoms with E-state index in [9.17, 15) is 4.79 Å². The first-order valence-corrected chi connectivity index (χ1v) is 7.16. The summed E-state index contributed by atoms with van der Waals surface area (Å²) in [6, 6.07) is 4.14. The third-order valence-corrected chi connectivity index (χ3v) is 3.40. The summed E-state index contributed by atoms with van der Waals surface area (Å²) in [7, 11) is 0. The van der Waals surface area contributed by atoms with Gasteiger partial charge in [-0.25, -0.2) is 0 Å². The SMILES string of the molecule is CC(N)Cc1cc2c(c(C(=O)NCCCO)c1)NCC2. The van der Waals surface area contributed by atoms with E-state index in [2.05, 4.69) is 16.7 Å². The molecule has 0 fully saturated rings. The molecule has 0 aromatic heterocycles. The maximum absolute atomic E-state index is 12.3. The number of nitrogens with two attached hydrogens (primary N) is 1. The van der Waals surface area contributed by atoms with Gasteiger partial charge in [-0.05, 0) is 43.4 Å². The number of carbonyl (C=O) groups is 1. The van der Waals surface area contributed by atoms with Crippen molar-refractivity contribution in [3.05, 3.63) is 28.8 Å². The number of carbonyl (C=O) groups excluding carboxylic acids is 1. The average molecular weight is 277 g/mol. The maximum atomic E-state index is 12.3. The zero-order chi connectivity index (χ0) is 14.5. The Kier molecular flexibility index (Phi) is 4.98. The van der Waals surface area contributed by atoms with E-state index in [1.807, 2.05) is 13.0 Å². The van der Waals surface area contributed by atoms with Crippen molar-refractivity contribution in [1.29, 1.82) is 0 Å². The first kappa shape index (κ1) is 14.8. The molecule has 0 spiro atoms. The van der Waals surface area contributed by atoms with Gasteiger partial charge in [0.1, 0.15) is 0 Å². The van der Waals surface area contributed by atoms with Gasteiger partial charge in [0.05, 0.1) is 11.3 Å². The van der Waals surface area contributed by atoms with Crippen LogP contribution in [0.1, 0.15) is 34.8 Å². The van der Waals surface area contributed by atoms with Crippen LogP contribution in [0.3, 0.4) is 0 Å². The molecular weight excluding hydrogens is 254 g/mol. The molecule has 1 aromatic rings. The lowest BCUT2D eigenvalue weighted by Crippen LogP contribution is -2.26. The second-order valence-corrected chi connectivity index (χ2v) is 5.37. The maximum Gasteiger partial charge on any atom is 0.253 e. The highest BCUT2D eigenvalue weighted by Crippen LogP contribution is 2.28. The zero-order valence-electron chi connectivity index (χ0n) is 11.9. The summed E-state index contributed by atoms with van der Waals surface area (Å²) in [5.74, 6) is -0.0874. The Morgan fingerprint density at radius 3 is 3.05 bits per heavy atom. The highest BCUT2D eigenvalue weighted by atomic mass is 16.3. The van der Waals surface area contributed by atoms with Gasteiger partial charge in [-0.2, -0.15) is 0 Å². The Hall–Kier alpha value is -1.59. The van der Waals surface area contributed by atoms with Crippen molar-refractivity contribution in [2.24, 2.45) is 5.73 Å². The molecule has 5 N–H and O–H groups in total. The monoisotopic (exact) mass is 277 g/mol. The smallest absolute Gasteiger partial charge is 0.253 e. The van der Waals surface area contributed by atoms with E-state index in [0.717, 1.165) is 30.6 Å². The predicted octanol–water partition coefficient (Wildman–Crippen LogP) is 0.656. The van der Waals surface area contributed by atoms with E-state index in [1.54, 1.807) is 0 Å². The van der Waals surface area contributed by atoms with Crippen molar-refractivity contribution in [2.45, 2.75) is 32.2 Å². The summed E-state index contributed by atoms with van der Waals surface area (Å²) in [6.45, 7) is 3.41. The normalized spacial score (nSPS) is 14.6. The fourth-order valence-corrected chi connectivity index (χ4v) is 2.54. The van der Waals surface area contributed by atoms with E-state index >= 15 is 0 Å². The topological polar surface area (TPSA) is 87.4 Å². The van der Waals surface area contributed by atoms with Crippen molar-refractivity contribution in [3.8, 4) is 0 Å². The van der Waals surface area contributed by atoms with Gasteiger partial charge >= 0.3 is 0 Å². The van der Waals surface area contributed by atoms with Crippen LogP contribution in [0.2, 0.25) is 0 Å². The average Bonchev–Trinajstić information content (AvgIpc) is 2.85. The largest absolute Gasteiger partial charge is 0.396 e. The molecule has 0 radical (unpaired) electrons. The molecule has 0 saturated carbocycles. The van der Waals surface area contributed by atoms with Crippen LogP contribution in [0.15, 0.2) is 12.1 Å². The number of rotatable bonds is 6. The number of hydrogen-bond donors (Lipinski definition) is 4. The van der Waals surface area contributed by atoms with Crippen LogP contribution in [-0.4, -0.2) is 36.8 Å². The van der Waals surface area contributed by atoms with Crippen molar-refractivity contribution >= 4 is 11.6 Å². The highest BCUT2D eigenvalue weighted by molar-refractivity contribution is 6.01. The highest BCUT2D eigenvalue weighted by Gasteiger charge is 2.20. The van der Waals surface area contributed by atoms with Crippen LogP contribution in [0.25, 0.3) is 0 Å². The van der Waals surface area contributed by atoms with Gasteiger partial charge in [0, 0.05) is 25.7 Å². The first-order valence-electron chi connectivity index (χ1n) is 7.16. The second-order valence-electron chi connectivity index (χ2n) is 5.37. The zero-order valence-corrected chi connectivity index (χ0v) is 11.9. The fraction of sp³-hybridized carbons (Fsp3) is 0.533. The summed E-state index contributed by atoms with van der Waals surface area (Å²) < 4.78 is 0. The fourth-order valence-electron chi connectivity index (χ4n) is 2.54. The van der Waals surface area contributed by atoms with Gasteiger partial charge in [-0.15, -0.1) is 0 Å². The van der Waals surface area contributed by atoms with Gasteiger partial charge in [-0.1, -0.05) is 6.07 Å². The molecule has 1 aliphatic heterocycles. The second kappa shape index (κ2) is 6.72. The number of hydrogen-bond acceptors (Lipinski definition) is 4. The Labute approximate surface area is 119 Å². The molecule has 1 heterocycles. The quantitative estimate of drug-likeness (QED) is 0.575. The summed E-state index contributed by atoms with van der Waals surface area (Å²) in [4.78, 5) is 12.3. The third-order valence-electron chi connectivity index (χ3n) is 3.40. The molecule has 0 saturated heterocycles. The van der Waals surface area contributed by atoms with E-state index in [1.165, 1.54) is 5.56 Å². The molecular formula is C15H23N3O2.